The number of hydrogen-bond donors (Lipinski definition) is 0. The Morgan fingerprint density at radius 1 is 0.318 bits per heavy atom. The monoisotopic (exact) mass is 867 g/mol. The highest BCUT2D eigenvalue weighted by Crippen LogP contribution is 2.26. The van der Waals surface area contributed by atoms with Gasteiger partial charge >= 0.3 is 0 Å². The molecule has 0 saturated carbocycles. The molecule has 330 valence electrons. The number of hydrogen-bond acceptors (Lipinski definition) is 6. The predicted octanol–water partition coefficient (Wildman–Crippen LogP) is 13.3. The molecule has 1 aromatic heterocycles. The maximum atomic E-state index is 5.92. The Bertz CT molecular complexity index is 2510. The first kappa shape index (κ1) is 46.4. The summed E-state index contributed by atoms with van der Waals surface area (Å²) in [7, 11) is 0. The minimum atomic E-state index is 0.517. The third-order valence-electron chi connectivity index (χ3n) is 11.4. The van der Waals surface area contributed by atoms with Crippen LogP contribution >= 0.6 is 0 Å². The Hall–Kier alpha value is -7.59. The van der Waals surface area contributed by atoms with Gasteiger partial charge in [0, 0.05) is 50.1 Å². The van der Waals surface area contributed by atoms with Gasteiger partial charge in [-0.15, -0.1) is 0 Å². The molecular weight excluding hydrogens is 811 g/mol. The van der Waals surface area contributed by atoms with Crippen molar-refractivity contribution in [2.75, 3.05) is 19.8 Å². The molecule has 0 spiro atoms. The highest BCUT2D eigenvalue weighted by Gasteiger charge is 2.13. The lowest BCUT2D eigenvalue weighted by atomic mass is 10.1. The predicted molar refractivity (Wildman–Crippen MR) is 268 cm³/mol. The van der Waals surface area contributed by atoms with Crippen LogP contribution in [0.5, 0.6) is 17.2 Å². The zero-order chi connectivity index (χ0) is 46.1. The van der Waals surface area contributed by atoms with E-state index in [1.165, 1.54) is 0 Å². The summed E-state index contributed by atoms with van der Waals surface area (Å²) in [5.41, 5.74) is 7.97. The molecular formula is C60H57N3O3. The molecule has 0 aliphatic rings. The topological polar surface area (TPSA) is 66.4 Å². The van der Waals surface area contributed by atoms with Gasteiger partial charge in [0.1, 0.15) is 17.2 Å². The smallest absolute Gasteiger partial charge is 0.164 e. The number of benzene rings is 6. The van der Waals surface area contributed by atoms with Crippen LogP contribution in [0.1, 0.15) is 94.2 Å². The third kappa shape index (κ3) is 13.7. The SMILES string of the molecule is CC[C@H](C)COc1ccc(C#Cc2ccc(-c3nc(-c4ccc(C#Cc5ccc(OC[C@@H](C)CC)cc5)cc4)nc(-c4ccc(C#Cc5ccc(OC[C@@H](C)CC)cc5)cc4)n3)cc2)cc1. The van der Waals surface area contributed by atoms with Crippen molar-refractivity contribution in [1.29, 1.82) is 0 Å². The molecule has 6 nitrogen and oxygen atoms in total. The Morgan fingerprint density at radius 3 is 0.712 bits per heavy atom. The van der Waals surface area contributed by atoms with Gasteiger partial charge in [0.2, 0.25) is 0 Å². The van der Waals surface area contributed by atoms with Gasteiger partial charge in [0.15, 0.2) is 17.5 Å². The lowest BCUT2D eigenvalue weighted by Crippen LogP contribution is -2.06. The molecule has 6 heteroatoms. The van der Waals surface area contributed by atoms with Gasteiger partial charge in [0.05, 0.1) is 19.8 Å². The molecule has 6 aromatic carbocycles. The molecule has 3 atom stereocenters. The summed E-state index contributed by atoms with van der Waals surface area (Å²) < 4.78 is 17.7. The summed E-state index contributed by atoms with van der Waals surface area (Å²) in [5, 5.41) is 0. The van der Waals surface area contributed by atoms with Crippen LogP contribution in [0.4, 0.5) is 0 Å². The van der Waals surface area contributed by atoms with E-state index in [0.29, 0.717) is 55.0 Å². The van der Waals surface area contributed by atoms with Crippen molar-refractivity contribution in [2.45, 2.75) is 60.8 Å². The number of aromatic nitrogens is 3. The Balaban J connectivity index is 1.11. The Labute approximate surface area is 391 Å². The van der Waals surface area contributed by atoms with Crippen LogP contribution in [-0.2, 0) is 0 Å². The van der Waals surface area contributed by atoms with Crippen LogP contribution < -0.4 is 14.2 Å². The van der Waals surface area contributed by atoms with E-state index in [2.05, 4.69) is 77.1 Å². The first-order valence-corrected chi connectivity index (χ1v) is 23.1. The molecule has 7 aromatic rings. The fourth-order valence-electron chi connectivity index (χ4n) is 6.28. The summed E-state index contributed by atoms with van der Waals surface area (Å²) in [6.07, 6.45) is 3.27. The van der Waals surface area contributed by atoms with Crippen LogP contribution in [0.2, 0.25) is 0 Å². The van der Waals surface area contributed by atoms with Crippen LogP contribution in [0.3, 0.4) is 0 Å². The minimum Gasteiger partial charge on any atom is -0.493 e. The van der Waals surface area contributed by atoms with Gasteiger partial charge in [-0.3, -0.25) is 0 Å². The van der Waals surface area contributed by atoms with Gasteiger partial charge in [-0.05, 0) is 163 Å². The van der Waals surface area contributed by atoms with Crippen molar-refractivity contribution >= 4 is 0 Å². The van der Waals surface area contributed by atoms with Gasteiger partial charge in [-0.2, -0.15) is 0 Å². The first-order valence-electron chi connectivity index (χ1n) is 23.1. The normalized spacial score (nSPS) is 11.9. The van der Waals surface area contributed by atoms with E-state index in [0.717, 1.165) is 86.6 Å². The highest BCUT2D eigenvalue weighted by atomic mass is 16.5. The molecule has 0 amide bonds. The zero-order valence-electron chi connectivity index (χ0n) is 38.9. The highest BCUT2D eigenvalue weighted by molar-refractivity contribution is 5.68. The van der Waals surface area contributed by atoms with E-state index in [-0.39, 0.29) is 0 Å². The van der Waals surface area contributed by atoms with Crippen molar-refractivity contribution in [3.63, 3.8) is 0 Å². The van der Waals surface area contributed by atoms with E-state index in [4.69, 9.17) is 29.2 Å². The second-order valence-electron chi connectivity index (χ2n) is 16.8. The molecule has 0 fully saturated rings. The van der Waals surface area contributed by atoms with E-state index in [1.54, 1.807) is 0 Å². The fraction of sp³-hybridized carbons (Fsp3) is 0.250. The molecule has 0 saturated heterocycles. The van der Waals surface area contributed by atoms with Gasteiger partial charge in [-0.1, -0.05) is 96.3 Å². The van der Waals surface area contributed by atoms with Crippen LogP contribution in [0, 0.1) is 53.3 Å². The van der Waals surface area contributed by atoms with Crippen LogP contribution in [-0.4, -0.2) is 34.8 Å². The Morgan fingerprint density at radius 2 is 0.515 bits per heavy atom. The van der Waals surface area contributed by atoms with E-state index < -0.39 is 0 Å². The fourth-order valence-corrected chi connectivity index (χ4v) is 6.28. The lowest BCUT2D eigenvalue weighted by molar-refractivity contribution is 0.256. The molecule has 7 rings (SSSR count). The average molecular weight is 868 g/mol. The maximum Gasteiger partial charge on any atom is 0.164 e. The summed E-state index contributed by atoms with van der Waals surface area (Å²) >= 11 is 0. The molecule has 0 radical (unpaired) electrons. The van der Waals surface area contributed by atoms with E-state index in [1.807, 2.05) is 146 Å². The number of rotatable bonds is 15. The largest absolute Gasteiger partial charge is 0.493 e. The Kier molecular flexibility index (Phi) is 16.4. The molecule has 0 unspecified atom stereocenters. The molecule has 0 aliphatic heterocycles. The quantitative estimate of drug-likeness (QED) is 0.0957. The van der Waals surface area contributed by atoms with Gasteiger partial charge in [-0.25, -0.2) is 15.0 Å². The van der Waals surface area contributed by atoms with E-state index in [9.17, 15) is 0 Å². The molecule has 0 bridgehead atoms. The second kappa shape index (κ2) is 23.4. The molecule has 66 heavy (non-hydrogen) atoms. The van der Waals surface area contributed by atoms with Crippen molar-refractivity contribution in [3.8, 4) is 86.9 Å². The zero-order valence-corrected chi connectivity index (χ0v) is 38.9. The standard InChI is InChI=1S/C60H57N3O3/c1-7-43(4)40-64-55-34-22-49(23-35-55)13-10-46-16-28-52(29-17-46)58-61-59(53-30-18-47(19-31-53)11-14-50-24-36-56(37-25-50)65-41-44(5)8-2)63-60(62-58)54-32-20-48(21-33-54)12-15-51-26-38-57(39-27-51)66-42-45(6)9-3/h16-39,43-45H,7-9,40-42H2,1-6H3/t43-,44-,45-/m0/s1. The third-order valence-corrected chi connectivity index (χ3v) is 11.4. The number of ether oxygens (including phenoxy) is 3. The average Bonchev–Trinajstić information content (AvgIpc) is 3.38. The van der Waals surface area contributed by atoms with Crippen LogP contribution in [0.15, 0.2) is 146 Å². The second-order valence-corrected chi connectivity index (χ2v) is 16.8. The molecule has 0 N–H and O–H groups in total. The van der Waals surface area contributed by atoms with Gasteiger partial charge < -0.3 is 14.2 Å². The van der Waals surface area contributed by atoms with Crippen molar-refractivity contribution in [2.24, 2.45) is 17.8 Å². The number of nitrogens with zero attached hydrogens (tertiary/aromatic N) is 3. The van der Waals surface area contributed by atoms with Gasteiger partial charge in [0.25, 0.3) is 0 Å². The van der Waals surface area contributed by atoms with Crippen molar-refractivity contribution in [1.82, 2.24) is 15.0 Å². The summed E-state index contributed by atoms with van der Waals surface area (Å²) in [4.78, 5) is 15.0. The van der Waals surface area contributed by atoms with Crippen molar-refractivity contribution in [3.05, 3.63) is 179 Å². The van der Waals surface area contributed by atoms with Crippen molar-refractivity contribution < 1.29 is 14.2 Å². The summed E-state index contributed by atoms with van der Waals surface area (Å²) in [6, 6.07) is 47.8. The summed E-state index contributed by atoms with van der Waals surface area (Å²) in [6.45, 7) is 15.2. The maximum absolute atomic E-state index is 5.92. The van der Waals surface area contributed by atoms with E-state index >= 15 is 0 Å². The van der Waals surface area contributed by atoms with Crippen LogP contribution in [0.25, 0.3) is 34.2 Å². The first-order chi connectivity index (χ1) is 32.2. The summed E-state index contributed by atoms with van der Waals surface area (Å²) in [5.74, 6) is 25.5. The lowest BCUT2D eigenvalue weighted by Gasteiger charge is -2.10. The molecule has 1 heterocycles. The minimum absolute atomic E-state index is 0.517. The molecule has 0 aliphatic carbocycles.